The number of nitrogens with zero attached hydrogens (tertiary/aromatic N) is 2. The zero-order valence-corrected chi connectivity index (χ0v) is 13.8. The highest BCUT2D eigenvalue weighted by Crippen LogP contribution is 2.51. The van der Waals surface area contributed by atoms with Gasteiger partial charge in [0.15, 0.2) is 0 Å². The minimum Gasteiger partial charge on any atom is -0.335 e. The number of halogens is 2. The summed E-state index contributed by atoms with van der Waals surface area (Å²) in [6.45, 7) is 1.50. The Bertz CT molecular complexity index is 701. The van der Waals surface area contributed by atoms with Crippen molar-refractivity contribution in [1.29, 1.82) is 0 Å². The Morgan fingerprint density at radius 2 is 1.48 bits per heavy atom. The van der Waals surface area contributed by atoms with Gasteiger partial charge in [-0.15, -0.1) is 0 Å². The highest BCUT2D eigenvalue weighted by Gasteiger charge is 2.65. The summed E-state index contributed by atoms with van der Waals surface area (Å²) in [5, 5.41) is 0.747. The largest absolute Gasteiger partial charge is 0.335 e. The van der Waals surface area contributed by atoms with E-state index >= 15 is 0 Å². The highest BCUT2D eigenvalue weighted by molar-refractivity contribution is 6.35. The lowest BCUT2D eigenvalue weighted by Crippen LogP contribution is -2.42. The number of anilines is 1. The molecule has 3 heterocycles. The van der Waals surface area contributed by atoms with Gasteiger partial charge in [-0.05, 0) is 31.0 Å². The third kappa shape index (κ3) is 1.96. The molecule has 3 aliphatic rings. The summed E-state index contributed by atoms with van der Waals surface area (Å²) in [4.78, 5) is 40.5. The molecule has 2 bridgehead atoms. The predicted octanol–water partition coefficient (Wildman–Crippen LogP) is 2.49. The minimum absolute atomic E-state index is 0.0650. The van der Waals surface area contributed by atoms with Crippen LogP contribution in [0.4, 0.5) is 5.69 Å². The molecule has 2 unspecified atom stereocenters. The molecule has 5 nitrogen and oxygen atoms in total. The van der Waals surface area contributed by atoms with Crippen LogP contribution in [0.2, 0.25) is 10.0 Å². The summed E-state index contributed by atoms with van der Waals surface area (Å²) in [5.41, 5.74) is 0.403. The number of benzene rings is 1. The first-order valence-corrected chi connectivity index (χ1v) is 8.28. The fraction of sp³-hybridized carbons (Fsp3) is 0.438. The molecule has 23 heavy (non-hydrogen) atoms. The molecule has 1 aromatic rings. The van der Waals surface area contributed by atoms with E-state index in [9.17, 15) is 14.4 Å². The molecule has 0 radical (unpaired) electrons. The Labute approximate surface area is 143 Å². The van der Waals surface area contributed by atoms with Crippen molar-refractivity contribution < 1.29 is 14.4 Å². The normalized spacial score (nSPS) is 32.0. The Balaban J connectivity index is 1.74. The molecule has 4 atom stereocenters. The maximum Gasteiger partial charge on any atom is 0.239 e. The van der Waals surface area contributed by atoms with Gasteiger partial charge in [-0.25, -0.2) is 4.90 Å². The number of hydrogen-bond donors (Lipinski definition) is 0. The molecule has 0 N–H and O–H groups in total. The van der Waals surface area contributed by atoms with Crippen LogP contribution in [-0.4, -0.2) is 34.7 Å². The Kier molecular flexibility index (Phi) is 3.22. The van der Waals surface area contributed by atoms with Gasteiger partial charge in [0, 0.05) is 29.1 Å². The minimum atomic E-state index is -0.442. The summed E-state index contributed by atoms with van der Waals surface area (Å²) in [7, 11) is 0. The molecule has 1 aromatic carbocycles. The second-order valence-electron chi connectivity index (χ2n) is 6.33. The van der Waals surface area contributed by atoms with Gasteiger partial charge in [0.1, 0.15) is 0 Å². The third-order valence-corrected chi connectivity index (χ3v) is 5.61. The molecule has 7 heteroatoms. The van der Waals surface area contributed by atoms with Gasteiger partial charge in [-0.2, -0.15) is 0 Å². The van der Waals surface area contributed by atoms with Gasteiger partial charge >= 0.3 is 0 Å². The molecular formula is C16H14Cl2N2O3. The van der Waals surface area contributed by atoms with Crippen molar-refractivity contribution in [3.8, 4) is 0 Å². The van der Waals surface area contributed by atoms with Gasteiger partial charge in [0.25, 0.3) is 0 Å². The van der Waals surface area contributed by atoms with Crippen LogP contribution in [0.1, 0.15) is 19.8 Å². The topological polar surface area (TPSA) is 57.7 Å². The van der Waals surface area contributed by atoms with Crippen molar-refractivity contribution in [2.45, 2.75) is 31.8 Å². The lowest BCUT2D eigenvalue weighted by atomic mass is 9.81. The van der Waals surface area contributed by atoms with Crippen molar-refractivity contribution in [2.24, 2.45) is 11.8 Å². The Morgan fingerprint density at radius 3 is 1.91 bits per heavy atom. The van der Waals surface area contributed by atoms with E-state index < -0.39 is 11.8 Å². The number of fused-ring (bicyclic) bond motifs is 5. The van der Waals surface area contributed by atoms with Crippen LogP contribution in [0.15, 0.2) is 18.2 Å². The van der Waals surface area contributed by atoms with Crippen molar-refractivity contribution in [1.82, 2.24) is 4.90 Å². The van der Waals surface area contributed by atoms with Gasteiger partial charge < -0.3 is 4.90 Å². The lowest BCUT2D eigenvalue weighted by Gasteiger charge is -2.25. The third-order valence-electron chi connectivity index (χ3n) is 5.17. The fourth-order valence-electron chi connectivity index (χ4n) is 4.48. The molecular weight excluding hydrogens is 339 g/mol. The van der Waals surface area contributed by atoms with E-state index in [1.165, 1.54) is 11.8 Å². The van der Waals surface area contributed by atoms with E-state index in [1.807, 2.05) is 0 Å². The van der Waals surface area contributed by atoms with Crippen LogP contribution in [-0.2, 0) is 14.4 Å². The summed E-state index contributed by atoms with van der Waals surface area (Å²) in [6.07, 6.45) is 1.54. The second kappa shape index (κ2) is 4.95. The Hall–Kier alpha value is -1.59. The first-order valence-electron chi connectivity index (χ1n) is 7.53. The SMILES string of the molecule is CC(=O)N1C2CCC1[C@@H]1C(=O)N(c3cc(Cl)cc(Cl)c3)C(=O)[C@H]21. The van der Waals surface area contributed by atoms with E-state index in [4.69, 9.17) is 23.2 Å². The van der Waals surface area contributed by atoms with Gasteiger partial charge in [0.05, 0.1) is 17.5 Å². The molecule has 0 saturated carbocycles. The number of imide groups is 1. The highest BCUT2D eigenvalue weighted by atomic mass is 35.5. The van der Waals surface area contributed by atoms with Crippen LogP contribution in [0.25, 0.3) is 0 Å². The van der Waals surface area contributed by atoms with E-state index in [0.29, 0.717) is 15.7 Å². The zero-order valence-electron chi connectivity index (χ0n) is 12.3. The van der Waals surface area contributed by atoms with Crippen LogP contribution in [0.3, 0.4) is 0 Å². The zero-order chi connectivity index (χ0) is 16.5. The summed E-state index contributed by atoms with van der Waals surface area (Å²) >= 11 is 12.0. The molecule has 3 saturated heterocycles. The van der Waals surface area contributed by atoms with Crippen molar-refractivity contribution in [3.05, 3.63) is 28.2 Å². The number of rotatable bonds is 1. The average molecular weight is 353 g/mol. The quantitative estimate of drug-likeness (QED) is 0.729. The summed E-state index contributed by atoms with van der Waals surface area (Å²) in [6, 6.07) is 4.35. The first kappa shape index (κ1) is 15.0. The van der Waals surface area contributed by atoms with E-state index in [-0.39, 0.29) is 29.8 Å². The fourth-order valence-corrected chi connectivity index (χ4v) is 5.00. The predicted molar refractivity (Wildman–Crippen MR) is 85.3 cm³/mol. The van der Waals surface area contributed by atoms with Crippen LogP contribution in [0, 0.1) is 11.8 Å². The molecule has 0 spiro atoms. The maximum atomic E-state index is 12.9. The van der Waals surface area contributed by atoms with Crippen LogP contribution >= 0.6 is 23.2 Å². The van der Waals surface area contributed by atoms with Gasteiger partial charge in [-0.1, -0.05) is 23.2 Å². The summed E-state index contributed by atoms with van der Waals surface area (Å²) in [5.74, 6) is -1.45. The number of carbonyl (C=O) groups excluding carboxylic acids is 3. The lowest BCUT2D eigenvalue weighted by molar-refractivity contribution is -0.131. The molecule has 4 rings (SSSR count). The molecule has 0 aromatic heterocycles. The Morgan fingerprint density at radius 1 is 1.00 bits per heavy atom. The molecule has 0 aliphatic carbocycles. The van der Waals surface area contributed by atoms with Crippen molar-refractivity contribution in [3.63, 3.8) is 0 Å². The maximum absolute atomic E-state index is 12.9. The monoisotopic (exact) mass is 352 g/mol. The molecule has 3 amide bonds. The molecule has 120 valence electrons. The van der Waals surface area contributed by atoms with Crippen molar-refractivity contribution >= 4 is 46.6 Å². The van der Waals surface area contributed by atoms with E-state index in [1.54, 1.807) is 23.1 Å². The molecule has 3 aliphatic heterocycles. The molecule has 3 fully saturated rings. The van der Waals surface area contributed by atoms with Gasteiger partial charge in [0.2, 0.25) is 17.7 Å². The number of carbonyl (C=O) groups is 3. The van der Waals surface area contributed by atoms with Crippen LogP contribution in [0.5, 0.6) is 0 Å². The number of amides is 3. The standard InChI is InChI=1S/C16H14Cl2N2O3/c1-7(21)19-11-2-3-12(19)14-13(11)15(22)20(16(14)23)10-5-8(17)4-9(18)6-10/h4-6,11-14H,2-3H2,1H3/t11?,12?,13-,14+. The second-order valence-corrected chi connectivity index (χ2v) is 7.20. The van der Waals surface area contributed by atoms with Crippen molar-refractivity contribution in [2.75, 3.05) is 4.90 Å². The van der Waals surface area contributed by atoms with E-state index in [2.05, 4.69) is 0 Å². The first-order chi connectivity index (χ1) is 10.9. The van der Waals surface area contributed by atoms with Gasteiger partial charge in [-0.3, -0.25) is 14.4 Å². The average Bonchev–Trinajstić information content (AvgIpc) is 3.08. The number of hydrogen-bond acceptors (Lipinski definition) is 3. The smallest absolute Gasteiger partial charge is 0.239 e. The summed E-state index contributed by atoms with van der Waals surface area (Å²) < 4.78 is 0. The van der Waals surface area contributed by atoms with E-state index in [0.717, 1.165) is 12.8 Å². The van der Waals surface area contributed by atoms with Crippen LogP contribution < -0.4 is 4.90 Å².